The first kappa shape index (κ1) is 19.8. The molecule has 0 bridgehead atoms. The number of carbonyl (C=O) groups excluding carboxylic acids is 1. The molecule has 1 heterocycles. The maximum Gasteiger partial charge on any atom is 0.253 e. The van der Waals surface area contributed by atoms with Gasteiger partial charge in [0.15, 0.2) is 0 Å². The topological polar surface area (TPSA) is 73.4 Å². The summed E-state index contributed by atoms with van der Waals surface area (Å²) < 4.78 is 0. The Morgan fingerprint density at radius 3 is 2.50 bits per heavy atom. The lowest BCUT2D eigenvalue weighted by molar-refractivity contribution is -0.131. The summed E-state index contributed by atoms with van der Waals surface area (Å²) in [5.41, 5.74) is 5.27. The van der Waals surface area contributed by atoms with Gasteiger partial charge < -0.3 is 15.0 Å². The quantitative estimate of drug-likeness (QED) is 0.692. The number of aliphatic hydroxyl groups excluding tert-OH is 1. The minimum Gasteiger partial charge on any atom is -0.395 e. The first-order valence-corrected chi connectivity index (χ1v) is 9.45. The van der Waals surface area contributed by atoms with Gasteiger partial charge in [-0.1, -0.05) is 35.9 Å². The van der Waals surface area contributed by atoms with Gasteiger partial charge in [-0.05, 0) is 55.0 Å². The number of carbonyl (C=O) groups is 1. The molecular formula is C23H26N2O3. The van der Waals surface area contributed by atoms with Gasteiger partial charge in [0.1, 0.15) is 0 Å². The standard InChI is InChI=1S/C23H26N2O3/c1-15-10-17(3)22-19(11-15)12-20(23(28)24-22)14-25(8-9-26)21(27)13-18-7-5-4-6-16(18)2/h4-7,10-12,26H,8-9,13-14H2,1-3H3,(H,24,28). The fourth-order valence-corrected chi connectivity index (χ4v) is 3.55. The van der Waals surface area contributed by atoms with Crippen LogP contribution in [0.2, 0.25) is 0 Å². The van der Waals surface area contributed by atoms with E-state index in [9.17, 15) is 14.7 Å². The van der Waals surface area contributed by atoms with Crippen molar-refractivity contribution in [2.45, 2.75) is 33.7 Å². The first-order chi connectivity index (χ1) is 13.4. The van der Waals surface area contributed by atoms with E-state index in [1.54, 1.807) is 4.90 Å². The number of hydrogen-bond donors (Lipinski definition) is 2. The van der Waals surface area contributed by atoms with Crippen LogP contribution in [0.5, 0.6) is 0 Å². The van der Waals surface area contributed by atoms with Gasteiger partial charge >= 0.3 is 0 Å². The number of aromatic nitrogens is 1. The molecule has 2 aromatic carbocycles. The van der Waals surface area contributed by atoms with Gasteiger partial charge in [-0.25, -0.2) is 0 Å². The number of aliphatic hydroxyl groups is 1. The van der Waals surface area contributed by atoms with E-state index in [-0.39, 0.29) is 37.6 Å². The predicted molar refractivity (Wildman–Crippen MR) is 111 cm³/mol. The van der Waals surface area contributed by atoms with Crippen LogP contribution in [0, 0.1) is 20.8 Å². The number of amides is 1. The lowest BCUT2D eigenvalue weighted by Crippen LogP contribution is -2.36. The van der Waals surface area contributed by atoms with E-state index in [2.05, 4.69) is 4.98 Å². The maximum atomic E-state index is 12.8. The number of nitrogens with zero attached hydrogens (tertiary/aromatic N) is 1. The molecule has 3 aromatic rings. The smallest absolute Gasteiger partial charge is 0.253 e. The molecule has 3 rings (SSSR count). The van der Waals surface area contributed by atoms with Crippen molar-refractivity contribution in [3.63, 3.8) is 0 Å². The fraction of sp³-hybridized carbons (Fsp3) is 0.304. The number of pyridine rings is 1. The number of benzene rings is 2. The maximum absolute atomic E-state index is 12.8. The van der Waals surface area contributed by atoms with Crippen LogP contribution in [0.4, 0.5) is 0 Å². The fourth-order valence-electron chi connectivity index (χ4n) is 3.55. The summed E-state index contributed by atoms with van der Waals surface area (Å²) in [6.07, 6.45) is 0.246. The molecule has 28 heavy (non-hydrogen) atoms. The lowest BCUT2D eigenvalue weighted by Gasteiger charge is -2.22. The van der Waals surface area contributed by atoms with Crippen molar-refractivity contribution in [3.05, 3.63) is 80.6 Å². The highest BCUT2D eigenvalue weighted by Crippen LogP contribution is 2.19. The van der Waals surface area contributed by atoms with Crippen molar-refractivity contribution in [3.8, 4) is 0 Å². The van der Waals surface area contributed by atoms with Crippen LogP contribution in [0.3, 0.4) is 0 Å². The molecule has 5 nitrogen and oxygen atoms in total. The third-order valence-electron chi connectivity index (χ3n) is 5.06. The third kappa shape index (κ3) is 4.31. The van der Waals surface area contributed by atoms with Crippen LogP contribution >= 0.6 is 0 Å². The molecule has 5 heteroatoms. The van der Waals surface area contributed by atoms with Crippen molar-refractivity contribution < 1.29 is 9.90 Å². The highest BCUT2D eigenvalue weighted by Gasteiger charge is 2.17. The summed E-state index contributed by atoms with van der Waals surface area (Å²) in [5.74, 6) is -0.108. The van der Waals surface area contributed by atoms with Crippen molar-refractivity contribution in [2.24, 2.45) is 0 Å². The number of hydrogen-bond acceptors (Lipinski definition) is 3. The summed E-state index contributed by atoms with van der Waals surface area (Å²) in [6.45, 7) is 6.16. The summed E-state index contributed by atoms with van der Waals surface area (Å²) >= 11 is 0. The van der Waals surface area contributed by atoms with E-state index < -0.39 is 0 Å². The molecule has 0 saturated carbocycles. The number of aryl methyl sites for hydroxylation is 3. The van der Waals surface area contributed by atoms with Crippen molar-refractivity contribution >= 4 is 16.8 Å². The van der Waals surface area contributed by atoms with Gasteiger partial charge in [-0.3, -0.25) is 9.59 Å². The van der Waals surface area contributed by atoms with E-state index in [0.717, 1.165) is 33.2 Å². The molecular weight excluding hydrogens is 352 g/mol. The van der Waals surface area contributed by atoms with Gasteiger partial charge in [0.05, 0.1) is 25.1 Å². The minimum atomic E-state index is -0.203. The summed E-state index contributed by atoms with van der Waals surface area (Å²) in [7, 11) is 0. The Labute approximate surface area is 164 Å². The van der Waals surface area contributed by atoms with E-state index in [0.29, 0.717) is 5.56 Å². The molecule has 0 radical (unpaired) electrons. The molecule has 2 N–H and O–H groups in total. The summed E-state index contributed by atoms with van der Waals surface area (Å²) in [4.78, 5) is 29.9. The van der Waals surface area contributed by atoms with E-state index in [4.69, 9.17) is 0 Å². The molecule has 1 amide bonds. The monoisotopic (exact) mass is 378 g/mol. The second kappa shape index (κ2) is 8.40. The largest absolute Gasteiger partial charge is 0.395 e. The highest BCUT2D eigenvalue weighted by atomic mass is 16.3. The summed E-state index contributed by atoms with van der Waals surface area (Å²) in [6, 6.07) is 13.6. The Morgan fingerprint density at radius 2 is 1.79 bits per heavy atom. The van der Waals surface area contributed by atoms with Crippen molar-refractivity contribution in [1.82, 2.24) is 9.88 Å². The second-order valence-corrected chi connectivity index (χ2v) is 7.31. The minimum absolute atomic E-state index is 0.108. The van der Waals surface area contributed by atoms with Crippen LogP contribution in [0.25, 0.3) is 10.9 Å². The Hall–Kier alpha value is -2.92. The molecule has 0 aliphatic carbocycles. The Morgan fingerprint density at radius 1 is 1.04 bits per heavy atom. The van der Waals surface area contributed by atoms with E-state index >= 15 is 0 Å². The molecule has 146 valence electrons. The number of nitrogens with one attached hydrogen (secondary N) is 1. The summed E-state index contributed by atoms with van der Waals surface area (Å²) in [5, 5.41) is 10.4. The lowest BCUT2D eigenvalue weighted by atomic mass is 10.0. The van der Waals surface area contributed by atoms with Crippen molar-refractivity contribution in [2.75, 3.05) is 13.2 Å². The molecule has 0 fully saturated rings. The predicted octanol–water partition coefficient (Wildman–Crippen LogP) is 3.02. The first-order valence-electron chi connectivity index (χ1n) is 9.45. The normalized spacial score (nSPS) is 11.0. The van der Waals surface area contributed by atoms with Crippen molar-refractivity contribution in [1.29, 1.82) is 0 Å². The molecule has 0 atom stereocenters. The zero-order valence-corrected chi connectivity index (χ0v) is 16.6. The van der Waals surface area contributed by atoms with Gasteiger partial charge in [-0.2, -0.15) is 0 Å². The van der Waals surface area contributed by atoms with Crippen LogP contribution in [-0.2, 0) is 17.8 Å². The number of H-pyrrole nitrogens is 1. The van der Waals surface area contributed by atoms with Crippen LogP contribution in [-0.4, -0.2) is 34.0 Å². The van der Waals surface area contributed by atoms with Crippen LogP contribution < -0.4 is 5.56 Å². The van der Waals surface area contributed by atoms with Crippen LogP contribution in [0.15, 0.2) is 47.3 Å². The molecule has 0 saturated heterocycles. The van der Waals surface area contributed by atoms with Gasteiger partial charge in [0.25, 0.3) is 5.56 Å². The number of fused-ring (bicyclic) bond motifs is 1. The Kier molecular flexibility index (Phi) is 5.95. The van der Waals surface area contributed by atoms with Gasteiger partial charge in [0, 0.05) is 12.1 Å². The van der Waals surface area contributed by atoms with E-state index in [1.807, 2.05) is 63.2 Å². The Bertz CT molecular complexity index is 1070. The van der Waals surface area contributed by atoms with Gasteiger partial charge in [-0.15, -0.1) is 0 Å². The second-order valence-electron chi connectivity index (χ2n) is 7.31. The highest BCUT2D eigenvalue weighted by molar-refractivity contribution is 5.83. The SMILES string of the molecule is Cc1cc(C)c2[nH]c(=O)c(CN(CCO)C(=O)Cc3ccccc3C)cc2c1. The number of rotatable bonds is 6. The Balaban J connectivity index is 1.89. The van der Waals surface area contributed by atoms with Crippen LogP contribution in [0.1, 0.15) is 27.8 Å². The molecule has 1 aromatic heterocycles. The molecule has 0 spiro atoms. The van der Waals surface area contributed by atoms with E-state index in [1.165, 1.54) is 0 Å². The molecule has 0 aliphatic rings. The average Bonchev–Trinajstić information content (AvgIpc) is 2.64. The molecule has 0 unspecified atom stereocenters. The zero-order valence-electron chi connectivity index (χ0n) is 16.6. The third-order valence-corrected chi connectivity index (χ3v) is 5.06. The zero-order chi connectivity index (χ0) is 20.3. The molecule has 0 aliphatic heterocycles. The van der Waals surface area contributed by atoms with Gasteiger partial charge in [0.2, 0.25) is 5.91 Å². The average molecular weight is 378 g/mol. The number of aromatic amines is 1.